The van der Waals surface area contributed by atoms with Gasteiger partial charge in [0.25, 0.3) is 0 Å². The van der Waals surface area contributed by atoms with E-state index in [9.17, 15) is 0 Å². The van der Waals surface area contributed by atoms with Crippen LogP contribution < -0.4 is 5.32 Å². The van der Waals surface area contributed by atoms with E-state index in [1.54, 1.807) is 11.3 Å². The van der Waals surface area contributed by atoms with Gasteiger partial charge in [0.2, 0.25) is 0 Å². The molecule has 2 rings (SSSR count). The number of benzene rings is 1. The molecule has 0 radical (unpaired) electrons. The minimum Gasteiger partial charge on any atom is -0.319 e. The molecule has 1 heterocycles. The third-order valence-electron chi connectivity index (χ3n) is 2.49. The standard InChI is InChI=1S/C12H14BrN3S/c1-8-3-4-9(13)7-10(8)12-16-15-11(17-12)5-6-14-2/h3-4,7,14H,5-6H2,1-2H3. The van der Waals surface area contributed by atoms with E-state index >= 15 is 0 Å². The first-order valence-electron chi connectivity index (χ1n) is 5.44. The van der Waals surface area contributed by atoms with Crippen LogP contribution in [0.5, 0.6) is 0 Å². The van der Waals surface area contributed by atoms with Crippen LogP contribution in [0.3, 0.4) is 0 Å². The highest BCUT2D eigenvalue weighted by Gasteiger charge is 2.09. The molecule has 17 heavy (non-hydrogen) atoms. The van der Waals surface area contributed by atoms with Crippen molar-refractivity contribution in [3.63, 3.8) is 0 Å². The molecule has 0 bridgehead atoms. The molecule has 1 aromatic carbocycles. The van der Waals surface area contributed by atoms with Crippen molar-refractivity contribution in [2.24, 2.45) is 0 Å². The van der Waals surface area contributed by atoms with Gasteiger partial charge in [-0.2, -0.15) is 0 Å². The van der Waals surface area contributed by atoms with Gasteiger partial charge in [0.1, 0.15) is 10.0 Å². The number of aromatic nitrogens is 2. The van der Waals surface area contributed by atoms with Crippen molar-refractivity contribution in [2.45, 2.75) is 13.3 Å². The maximum absolute atomic E-state index is 4.26. The maximum atomic E-state index is 4.26. The molecule has 0 aliphatic rings. The Bertz CT molecular complexity index is 510. The number of likely N-dealkylation sites (N-methyl/N-ethyl adjacent to an activating group) is 1. The lowest BCUT2D eigenvalue weighted by molar-refractivity contribution is 0.779. The predicted octanol–water partition coefficient (Wildman–Crippen LogP) is 3.04. The topological polar surface area (TPSA) is 37.8 Å². The van der Waals surface area contributed by atoms with E-state index in [0.717, 1.165) is 33.0 Å². The quantitative estimate of drug-likeness (QED) is 0.943. The highest BCUT2D eigenvalue weighted by Crippen LogP contribution is 2.29. The summed E-state index contributed by atoms with van der Waals surface area (Å²) in [6.45, 7) is 3.03. The fourth-order valence-corrected chi connectivity index (χ4v) is 2.80. The molecule has 0 amide bonds. The SMILES string of the molecule is CNCCc1nnc(-c2cc(Br)ccc2C)s1. The Kier molecular flexibility index (Phi) is 4.25. The molecular formula is C12H14BrN3S. The summed E-state index contributed by atoms with van der Waals surface area (Å²) < 4.78 is 1.07. The van der Waals surface area contributed by atoms with Gasteiger partial charge in [-0.1, -0.05) is 33.3 Å². The lowest BCUT2D eigenvalue weighted by atomic mass is 10.1. The molecule has 0 saturated carbocycles. The molecule has 0 spiro atoms. The predicted molar refractivity (Wildman–Crippen MR) is 75.4 cm³/mol. The van der Waals surface area contributed by atoms with E-state index in [0.29, 0.717) is 0 Å². The van der Waals surface area contributed by atoms with Crippen molar-refractivity contribution in [2.75, 3.05) is 13.6 Å². The Balaban J connectivity index is 2.27. The summed E-state index contributed by atoms with van der Waals surface area (Å²) in [4.78, 5) is 0. The summed E-state index contributed by atoms with van der Waals surface area (Å²) in [5.41, 5.74) is 2.39. The normalized spacial score (nSPS) is 10.8. The largest absolute Gasteiger partial charge is 0.319 e. The van der Waals surface area contributed by atoms with Gasteiger partial charge in [-0.25, -0.2) is 0 Å². The van der Waals surface area contributed by atoms with Crippen LogP contribution in [0.15, 0.2) is 22.7 Å². The number of aryl methyl sites for hydroxylation is 1. The van der Waals surface area contributed by atoms with Gasteiger partial charge in [0.15, 0.2) is 0 Å². The van der Waals surface area contributed by atoms with Crippen LogP contribution in [0, 0.1) is 6.92 Å². The Morgan fingerprint density at radius 3 is 2.94 bits per heavy atom. The number of rotatable bonds is 4. The second-order valence-corrected chi connectivity index (χ2v) is 5.79. The van der Waals surface area contributed by atoms with Gasteiger partial charge in [-0.05, 0) is 31.7 Å². The molecule has 0 atom stereocenters. The Hall–Kier alpha value is -0.780. The fraction of sp³-hybridized carbons (Fsp3) is 0.333. The molecule has 0 fully saturated rings. The first kappa shape index (κ1) is 12.7. The van der Waals surface area contributed by atoms with E-state index < -0.39 is 0 Å². The molecule has 5 heteroatoms. The van der Waals surface area contributed by atoms with Crippen LogP contribution in [0.25, 0.3) is 10.6 Å². The molecule has 0 aliphatic carbocycles. The molecular weight excluding hydrogens is 298 g/mol. The van der Waals surface area contributed by atoms with Crippen LogP contribution in [0.1, 0.15) is 10.6 Å². The molecule has 1 aromatic heterocycles. The van der Waals surface area contributed by atoms with Gasteiger partial charge < -0.3 is 5.32 Å². The van der Waals surface area contributed by atoms with E-state index in [4.69, 9.17) is 0 Å². The zero-order chi connectivity index (χ0) is 12.3. The van der Waals surface area contributed by atoms with E-state index in [1.807, 2.05) is 13.1 Å². The average molecular weight is 312 g/mol. The Morgan fingerprint density at radius 2 is 2.18 bits per heavy atom. The van der Waals surface area contributed by atoms with Crippen molar-refractivity contribution in [3.05, 3.63) is 33.2 Å². The van der Waals surface area contributed by atoms with Gasteiger partial charge in [0.05, 0.1) is 0 Å². The summed E-state index contributed by atoms with van der Waals surface area (Å²) in [5.74, 6) is 0. The highest BCUT2D eigenvalue weighted by molar-refractivity contribution is 9.10. The summed E-state index contributed by atoms with van der Waals surface area (Å²) in [5, 5.41) is 13.7. The number of nitrogens with one attached hydrogen (secondary N) is 1. The van der Waals surface area contributed by atoms with E-state index in [2.05, 4.69) is 50.5 Å². The third-order valence-corrected chi connectivity index (χ3v) is 4.00. The number of nitrogens with zero attached hydrogens (tertiary/aromatic N) is 2. The molecule has 0 saturated heterocycles. The second kappa shape index (κ2) is 5.71. The van der Waals surface area contributed by atoms with Gasteiger partial charge in [0, 0.05) is 23.0 Å². The van der Waals surface area contributed by atoms with Gasteiger partial charge >= 0.3 is 0 Å². The van der Waals surface area contributed by atoms with Crippen LogP contribution in [0.2, 0.25) is 0 Å². The van der Waals surface area contributed by atoms with Crippen molar-refractivity contribution in [1.82, 2.24) is 15.5 Å². The highest BCUT2D eigenvalue weighted by atomic mass is 79.9. The number of hydrogen-bond donors (Lipinski definition) is 1. The monoisotopic (exact) mass is 311 g/mol. The van der Waals surface area contributed by atoms with Crippen molar-refractivity contribution in [1.29, 1.82) is 0 Å². The minimum atomic E-state index is 0.932. The summed E-state index contributed by atoms with van der Waals surface area (Å²) >= 11 is 5.15. The Morgan fingerprint density at radius 1 is 1.35 bits per heavy atom. The average Bonchev–Trinajstić information content (AvgIpc) is 2.78. The van der Waals surface area contributed by atoms with Crippen LogP contribution >= 0.6 is 27.3 Å². The zero-order valence-corrected chi connectivity index (χ0v) is 12.2. The molecule has 0 aliphatic heterocycles. The molecule has 90 valence electrons. The minimum absolute atomic E-state index is 0.932. The van der Waals surface area contributed by atoms with Crippen molar-refractivity contribution >= 4 is 27.3 Å². The molecule has 1 N–H and O–H groups in total. The van der Waals surface area contributed by atoms with Crippen LogP contribution in [0.4, 0.5) is 0 Å². The first-order valence-corrected chi connectivity index (χ1v) is 7.05. The van der Waals surface area contributed by atoms with Crippen molar-refractivity contribution < 1.29 is 0 Å². The van der Waals surface area contributed by atoms with Crippen LogP contribution in [-0.4, -0.2) is 23.8 Å². The molecule has 3 nitrogen and oxygen atoms in total. The van der Waals surface area contributed by atoms with Crippen LogP contribution in [-0.2, 0) is 6.42 Å². The van der Waals surface area contributed by atoms with Gasteiger partial charge in [-0.15, -0.1) is 10.2 Å². The van der Waals surface area contributed by atoms with E-state index in [1.165, 1.54) is 5.56 Å². The summed E-state index contributed by atoms with van der Waals surface area (Å²) in [7, 11) is 1.94. The Labute approximate surface area is 113 Å². The summed E-state index contributed by atoms with van der Waals surface area (Å²) in [6, 6.07) is 6.23. The molecule has 2 aromatic rings. The lowest BCUT2D eigenvalue weighted by Gasteiger charge is -2.01. The summed E-state index contributed by atoms with van der Waals surface area (Å²) in [6.07, 6.45) is 0.932. The fourth-order valence-electron chi connectivity index (χ4n) is 1.52. The first-order chi connectivity index (χ1) is 8.20. The zero-order valence-electron chi connectivity index (χ0n) is 9.83. The lowest BCUT2D eigenvalue weighted by Crippen LogP contribution is -2.09. The van der Waals surface area contributed by atoms with Crippen molar-refractivity contribution in [3.8, 4) is 10.6 Å². The number of halogens is 1. The maximum Gasteiger partial charge on any atom is 0.148 e. The third kappa shape index (κ3) is 3.12. The smallest absolute Gasteiger partial charge is 0.148 e. The second-order valence-electron chi connectivity index (χ2n) is 3.81. The molecule has 0 unspecified atom stereocenters. The van der Waals surface area contributed by atoms with E-state index in [-0.39, 0.29) is 0 Å². The number of hydrogen-bond acceptors (Lipinski definition) is 4. The van der Waals surface area contributed by atoms with Gasteiger partial charge in [-0.3, -0.25) is 0 Å².